The summed E-state index contributed by atoms with van der Waals surface area (Å²) in [6.45, 7) is 7.29. The third kappa shape index (κ3) is 3.43. The van der Waals surface area contributed by atoms with Gasteiger partial charge >= 0.3 is 6.01 Å². The summed E-state index contributed by atoms with van der Waals surface area (Å²) in [6.07, 6.45) is 11.7. The van der Waals surface area contributed by atoms with Crippen molar-refractivity contribution in [3.05, 3.63) is 5.89 Å². The highest BCUT2D eigenvalue weighted by atomic mass is 16.4. The van der Waals surface area contributed by atoms with E-state index in [1.807, 2.05) is 0 Å². The molecule has 5 rings (SSSR count). The lowest BCUT2D eigenvalue weighted by Gasteiger charge is -2.64. The van der Waals surface area contributed by atoms with Crippen LogP contribution in [0.3, 0.4) is 0 Å². The maximum absolute atomic E-state index is 11.8. The summed E-state index contributed by atoms with van der Waals surface area (Å²) in [4.78, 5) is 0. The van der Waals surface area contributed by atoms with Gasteiger partial charge in [-0.05, 0) is 104 Å². The lowest BCUT2D eigenvalue weighted by atomic mass is 9.41. The highest BCUT2D eigenvalue weighted by Crippen LogP contribution is 2.69. The van der Waals surface area contributed by atoms with Crippen molar-refractivity contribution < 1.29 is 14.6 Å². The summed E-state index contributed by atoms with van der Waals surface area (Å²) in [5, 5.41) is 30.0. The predicted octanol–water partition coefficient (Wildman–Crippen LogP) is 4.60. The quantitative estimate of drug-likeness (QED) is 0.612. The molecule has 10 atom stereocenters. The van der Waals surface area contributed by atoms with Crippen LogP contribution in [0.2, 0.25) is 0 Å². The van der Waals surface area contributed by atoms with Crippen LogP contribution >= 0.6 is 0 Å². The van der Waals surface area contributed by atoms with Crippen LogP contribution in [0.15, 0.2) is 4.42 Å². The van der Waals surface area contributed by atoms with Crippen LogP contribution in [-0.2, 0) is 6.42 Å². The van der Waals surface area contributed by atoms with Gasteiger partial charge in [0.2, 0.25) is 5.89 Å². The average Bonchev–Trinajstić information content (AvgIpc) is 3.32. The Bertz CT molecular complexity index is 814. The summed E-state index contributed by atoms with van der Waals surface area (Å²) in [5.41, 5.74) is 6.17. The number of nitrogens with two attached hydrogens (primary N) is 1. The molecule has 4 fully saturated rings. The SMILES string of the molecule is CC[C@H]1[C@@H](O)[C@@H]2[C@H](CC[C@]3(C)[C@@H](CCCc4nnc(N)o4)CC[C@@H]23)[C@@]2(C)CC[C@@H](O)C[C@@H]12. The number of aliphatic hydroxyl groups excluding tert-OH is 2. The van der Waals surface area contributed by atoms with E-state index in [1.54, 1.807) is 0 Å². The molecule has 0 bridgehead atoms. The van der Waals surface area contributed by atoms with Crippen molar-refractivity contribution >= 4 is 6.01 Å². The van der Waals surface area contributed by atoms with Crippen molar-refractivity contribution in [3.8, 4) is 0 Å². The largest absolute Gasteiger partial charge is 0.408 e. The Morgan fingerprint density at radius 2 is 1.75 bits per heavy atom. The highest BCUT2D eigenvalue weighted by molar-refractivity contribution is 5.13. The average molecular weight is 446 g/mol. The number of nitrogens with zero attached hydrogens (tertiary/aromatic N) is 2. The normalized spacial score (nSPS) is 48.2. The fraction of sp³-hybridized carbons (Fsp3) is 0.923. The summed E-state index contributed by atoms with van der Waals surface area (Å²) >= 11 is 0. The Balaban J connectivity index is 1.34. The fourth-order valence-electron chi connectivity index (χ4n) is 9.41. The first-order valence-corrected chi connectivity index (χ1v) is 13.2. The number of anilines is 1. The zero-order valence-corrected chi connectivity index (χ0v) is 20.2. The molecule has 1 aromatic rings. The zero-order valence-electron chi connectivity index (χ0n) is 20.2. The number of hydrogen-bond donors (Lipinski definition) is 3. The Kier molecular flexibility index (Phi) is 5.85. The summed E-state index contributed by atoms with van der Waals surface area (Å²) in [5.74, 6) is 3.82. The first-order valence-electron chi connectivity index (χ1n) is 13.2. The Morgan fingerprint density at radius 1 is 1.00 bits per heavy atom. The molecule has 4 saturated carbocycles. The summed E-state index contributed by atoms with van der Waals surface area (Å²) in [7, 11) is 0. The van der Waals surface area contributed by atoms with Crippen molar-refractivity contribution in [1.82, 2.24) is 10.2 Å². The smallest absolute Gasteiger partial charge is 0.312 e. The standard InChI is InChI=1S/C26H43N3O3/c1-4-17-20-14-16(30)10-12-26(20,3)19-11-13-25(2)15(8-9-18(25)22(19)23(17)31)6-5-7-21-28-29-24(27)32-21/h15-20,22-23,30-31H,4-14H2,1-3H3,(H2,27,29)/t15-,16+,17+,18-,19-,20-,22-,23+,25+,26+/m0/s1. The van der Waals surface area contributed by atoms with Gasteiger partial charge in [0, 0.05) is 6.42 Å². The molecule has 0 aromatic carbocycles. The van der Waals surface area contributed by atoms with Crippen molar-refractivity contribution in [2.24, 2.45) is 46.3 Å². The van der Waals surface area contributed by atoms with Gasteiger partial charge in [-0.1, -0.05) is 32.3 Å². The Morgan fingerprint density at radius 3 is 2.47 bits per heavy atom. The molecular formula is C26H43N3O3. The van der Waals surface area contributed by atoms with E-state index in [1.165, 1.54) is 32.1 Å². The number of aryl methyl sites for hydroxylation is 1. The second kappa shape index (κ2) is 8.26. The van der Waals surface area contributed by atoms with E-state index in [-0.39, 0.29) is 23.6 Å². The lowest BCUT2D eigenvalue weighted by molar-refractivity contribution is -0.202. The molecule has 4 N–H and O–H groups in total. The number of nitrogen functional groups attached to an aromatic ring is 1. The lowest BCUT2D eigenvalue weighted by Crippen LogP contribution is -2.62. The Hall–Kier alpha value is -1.14. The molecule has 0 radical (unpaired) electrons. The van der Waals surface area contributed by atoms with E-state index in [2.05, 4.69) is 31.0 Å². The molecule has 6 nitrogen and oxygen atoms in total. The predicted molar refractivity (Wildman–Crippen MR) is 123 cm³/mol. The van der Waals surface area contributed by atoms with Crippen molar-refractivity contribution in [2.75, 3.05) is 5.73 Å². The second-order valence-corrected chi connectivity index (χ2v) is 12.1. The van der Waals surface area contributed by atoms with Gasteiger partial charge in [0.1, 0.15) is 0 Å². The second-order valence-electron chi connectivity index (χ2n) is 12.1. The van der Waals surface area contributed by atoms with Crippen molar-refractivity contribution in [1.29, 1.82) is 0 Å². The van der Waals surface area contributed by atoms with Gasteiger partial charge in [0.25, 0.3) is 0 Å². The Labute approximate surface area is 192 Å². The van der Waals surface area contributed by atoms with Gasteiger partial charge in [0.15, 0.2) is 0 Å². The van der Waals surface area contributed by atoms with Crippen LogP contribution in [0.25, 0.3) is 0 Å². The molecule has 4 aliphatic rings. The molecule has 0 spiro atoms. The van der Waals surface area contributed by atoms with E-state index in [9.17, 15) is 10.2 Å². The molecule has 0 saturated heterocycles. The number of aliphatic hydroxyl groups is 2. The molecule has 6 heteroatoms. The van der Waals surface area contributed by atoms with Crippen molar-refractivity contribution in [2.45, 2.75) is 104 Å². The minimum Gasteiger partial charge on any atom is -0.408 e. The van der Waals surface area contributed by atoms with Gasteiger partial charge < -0.3 is 20.4 Å². The fourth-order valence-corrected chi connectivity index (χ4v) is 9.41. The van der Waals surface area contributed by atoms with Crippen LogP contribution in [0.4, 0.5) is 6.01 Å². The molecule has 0 unspecified atom stereocenters. The van der Waals surface area contributed by atoms with Crippen LogP contribution in [0.1, 0.15) is 90.9 Å². The third-order valence-electron chi connectivity index (χ3n) is 11.0. The molecule has 0 amide bonds. The number of rotatable bonds is 5. The molecule has 1 heterocycles. The molecule has 4 aliphatic carbocycles. The van der Waals surface area contributed by atoms with Gasteiger partial charge in [-0.15, -0.1) is 5.10 Å². The first kappa shape index (κ1) is 22.6. The van der Waals surface area contributed by atoms with E-state index >= 15 is 0 Å². The molecular weight excluding hydrogens is 402 g/mol. The third-order valence-corrected chi connectivity index (χ3v) is 11.0. The van der Waals surface area contributed by atoms with E-state index in [4.69, 9.17) is 10.2 Å². The minimum absolute atomic E-state index is 0.157. The molecule has 1 aromatic heterocycles. The van der Waals surface area contributed by atoms with Crippen LogP contribution in [-0.4, -0.2) is 32.6 Å². The van der Waals surface area contributed by atoms with Crippen molar-refractivity contribution in [3.63, 3.8) is 0 Å². The van der Waals surface area contributed by atoms with Gasteiger partial charge in [-0.25, -0.2) is 0 Å². The van der Waals surface area contributed by atoms with E-state index in [0.29, 0.717) is 46.8 Å². The van der Waals surface area contributed by atoms with Crippen LogP contribution in [0.5, 0.6) is 0 Å². The summed E-state index contributed by atoms with van der Waals surface area (Å²) in [6, 6.07) is 0.157. The molecule has 0 aliphatic heterocycles. The number of fused-ring (bicyclic) bond motifs is 5. The number of hydrogen-bond acceptors (Lipinski definition) is 6. The molecule has 32 heavy (non-hydrogen) atoms. The topological polar surface area (TPSA) is 105 Å². The number of aromatic nitrogens is 2. The van der Waals surface area contributed by atoms with Gasteiger partial charge in [-0.2, -0.15) is 0 Å². The minimum atomic E-state index is -0.210. The van der Waals surface area contributed by atoms with Gasteiger partial charge in [0.05, 0.1) is 12.2 Å². The van der Waals surface area contributed by atoms with Gasteiger partial charge in [-0.3, -0.25) is 0 Å². The zero-order chi connectivity index (χ0) is 22.7. The first-order chi connectivity index (χ1) is 15.3. The monoisotopic (exact) mass is 445 g/mol. The molecule has 180 valence electrons. The maximum Gasteiger partial charge on any atom is 0.312 e. The van der Waals surface area contributed by atoms with Crippen LogP contribution < -0.4 is 5.73 Å². The van der Waals surface area contributed by atoms with E-state index in [0.717, 1.165) is 38.5 Å². The van der Waals surface area contributed by atoms with Crippen LogP contribution in [0, 0.1) is 46.3 Å². The maximum atomic E-state index is 11.8. The summed E-state index contributed by atoms with van der Waals surface area (Å²) < 4.78 is 5.36. The van der Waals surface area contributed by atoms with E-state index < -0.39 is 0 Å². The highest BCUT2D eigenvalue weighted by Gasteiger charge is 2.64.